The van der Waals surface area contributed by atoms with Crippen molar-refractivity contribution in [3.63, 3.8) is 0 Å². The molecule has 3 aromatic heterocycles. The molecular weight excluding hydrogens is 580 g/mol. The number of likely N-dealkylation sites (N-methyl/N-ethyl adjacent to an activating group) is 1. The maximum absolute atomic E-state index is 16.0. The molecule has 0 radical (unpaired) electrons. The Balaban J connectivity index is 1.46. The van der Waals surface area contributed by atoms with Crippen molar-refractivity contribution in [3.05, 3.63) is 51.5 Å². The minimum Gasteiger partial charge on any atom is -0.462 e. The topological polar surface area (TPSA) is 108 Å². The minimum absolute atomic E-state index is 0.0837. The number of anilines is 1. The van der Waals surface area contributed by atoms with Crippen LogP contribution in [0.15, 0.2) is 35.1 Å². The molecule has 2 aliphatic rings. The van der Waals surface area contributed by atoms with Crippen molar-refractivity contribution in [2.75, 3.05) is 44.7 Å². The lowest BCUT2D eigenvalue weighted by Crippen LogP contribution is -2.55. The molecule has 1 N–H and O–H groups in total. The summed E-state index contributed by atoms with van der Waals surface area (Å²) in [5, 5.41) is 1.68. The van der Waals surface area contributed by atoms with E-state index in [1.165, 1.54) is 24.0 Å². The van der Waals surface area contributed by atoms with Crippen LogP contribution in [0.1, 0.15) is 26.7 Å². The summed E-state index contributed by atoms with van der Waals surface area (Å²) in [5.74, 6) is -0.867. The van der Waals surface area contributed by atoms with E-state index in [1.54, 1.807) is 18.2 Å². The summed E-state index contributed by atoms with van der Waals surface area (Å²) >= 11 is 6.49. The van der Waals surface area contributed by atoms with Crippen molar-refractivity contribution < 1.29 is 18.3 Å². The van der Waals surface area contributed by atoms with Crippen LogP contribution in [0.5, 0.6) is 6.01 Å². The van der Waals surface area contributed by atoms with Gasteiger partial charge in [-0.2, -0.15) is 9.97 Å². The fraction of sp³-hybridized carbons (Fsp3) is 0.433. The standard InChI is InChI=1S/C30H32ClF2N7O3/c1-16-14-39(29(42)17(2)32)10-11-40(16)28-20-13-22(33)25(26-24-18(12-23(41)34-26)6-4-8-21(24)31)35-27(20)36-30(37-28)43-15-19-7-5-9-38(19)3/h4,6,8,12-13,16-17,19H,5,7,9-11,14-15H2,1-3H3,(H,34,41)/t16-,17?,19-/m0/s1. The third-order valence-corrected chi connectivity index (χ3v) is 8.61. The van der Waals surface area contributed by atoms with E-state index < -0.39 is 23.5 Å². The van der Waals surface area contributed by atoms with Gasteiger partial charge < -0.3 is 24.4 Å². The number of nitrogens with zero attached hydrogens (tertiary/aromatic N) is 6. The molecule has 0 spiro atoms. The second kappa shape index (κ2) is 11.6. The number of rotatable bonds is 6. The number of pyridine rings is 2. The van der Waals surface area contributed by atoms with Gasteiger partial charge >= 0.3 is 6.01 Å². The average Bonchev–Trinajstić information content (AvgIpc) is 3.39. The number of benzene rings is 1. The van der Waals surface area contributed by atoms with Crippen LogP contribution in [0, 0.1) is 5.82 Å². The monoisotopic (exact) mass is 611 g/mol. The molecule has 2 fully saturated rings. The molecule has 10 nitrogen and oxygen atoms in total. The normalized spacial score (nSPS) is 20.2. The zero-order valence-corrected chi connectivity index (χ0v) is 24.9. The van der Waals surface area contributed by atoms with Crippen LogP contribution in [-0.2, 0) is 4.79 Å². The highest BCUT2D eigenvalue weighted by atomic mass is 35.5. The number of halogens is 3. The molecule has 43 heavy (non-hydrogen) atoms. The predicted octanol–water partition coefficient (Wildman–Crippen LogP) is 4.19. The Labute approximate surface area is 251 Å². The Bertz CT molecular complexity index is 1770. The van der Waals surface area contributed by atoms with E-state index in [0.717, 1.165) is 19.4 Å². The molecule has 0 aliphatic carbocycles. The molecule has 0 bridgehead atoms. The highest BCUT2D eigenvalue weighted by molar-refractivity contribution is 6.36. The first-order chi connectivity index (χ1) is 20.6. The molecule has 0 saturated carbocycles. The average molecular weight is 612 g/mol. The van der Waals surface area contributed by atoms with E-state index in [4.69, 9.17) is 21.3 Å². The Kier molecular flexibility index (Phi) is 7.91. The summed E-state index contributed by atoms with van der Waals surface area (Å²) in [4.78, 5) is 47.0. The Morgan fingerprint density at radius 2 is 2.02 bits per heavy atom. The molecule has 1 aromatic carbocycles. The summed E-state index contributed by atoms with van der Waals surface area (Å²) < 4.78 is 35.8. The minimum atomic E-state index is -1.60. The van der Waals surface area contributed by atoms with Gasteiger partial charge in [-0.3, -0.25) is 9.59 Å². The maximum Gasteiger partial charge on any atom is 0.320 e. The number of aromatic nitrogens is 4. The predicted molar refractivity (Wildman–Crippen MR) is 161 cm³/mol. The maximum atomic E-state index is 16.0. The van der Waals surface area contributed by atoms with E-state index >= 15 is 4.39 Å². The van der Waals surface area contributed by atoms with Gasteiger partial charge in [0.25, 0.3) is 5.91 Å². The van der Waals surface area contributed by atoms with Crippen molar-refractivity contribution in [1.29, 1.82) is 0 Å². The molecule has 226 valence electrons. The lowest BCUT2D eigenvalue weighted by molar-refractivity contribution is -0.136. The number of fused-ring (bicyclic) bond motifs is 2. The van der Waals surface area contributed by atoms with Crippen molar-refractivity contribution >= 4 is 45.1 Å². The number of alkyl halides is 1. The number of likely N-dealkylation sites (tertiary alicyclic amines) is 1. The third kappa shape index (κ3) is 5.61. The lowest BCUT2D eigenvalue weighted by atomic mass is 10.1. The van der Waals surface area contributed by atoms with E-state index in [1.807, 2.05) is 18.9 Å². The highest BCUT2D eigenvalue weighted by Crippen LogP contribution is 2.35. The van der Waals surface area contributed by atoms with Gasteiger partial charge in [0.2, 0.25) is 5.56 Å². The Hall–Kier alpha value is -3.90. The van der Waals surface area contributed by atoms with Crippen LogP contribution in [0.25, 0.3) is 33.2 Å². The number of aromatic amines is 1. The fourth-order valence-corrected chi connectivity index (χ4v) is 6.28. The number of carbonyl (C=O) groups is 1. The SMILES string of the molecule is CC(F)C(=O)N1CCN(c2nc(OC[C@@H]3CCCN3C)nc3nc(-c4[nH]c(=O)cc5cccc(Cl)c45)c(F)cc23)[C@@H](C)C1. The second-order valence-electron chi connectivity index (χ2n) is 11.3. The summed E-state index contributed by atoms with van der Waals surface area (Å²) in [6.07, 6.45) is 0.459. The molecule has 5 heterocycles. The van der Waals surface area contributed by atoms with Gasteiger partial charge in [0.15, 0.2) is 17.6 Å². The molecule has 2 saturated heterocycles. The number of amides is 1. The van der Waals surface area contributed by atoms with Gasteiger partial charge in [-0.15, -0.1) is 0 Å². The van der Waals surface area contributed by atoms with Gasteiger partial charge in [0, 0.05) is 43.2 Å². The first kappa shape index (κ1) is 29.2. The van der Waals surface area contributed by atoms with E-state index in [0.29, 0.717) is 40.2 Å². The van der Waals surface area contributed by atoms with Gasteiger partial charge in [-0.25, -0.2) is 13.8 Å². The lowest BCUT2D eigenvalue weighted by Gasteiger charge is -2.41. The summed E-state index contributed by atoms with van der Waals surface area (Å²) in [6.45, 7) is 5.35. The molecule has 2 aliphatic heterocycles. The largest absolute Gasteiger partial charge is 0.462 e. The van der Waals surface area contributed by atoms with Crippen LogP contribution in [-0.4, -0.2) is 93.7 Å². The molecule has 3 atom stereocenters. The van der Waals surface area contributed by atoms with Crippen molar-refractivity contribution in [3.8, 4) is 17.4 Å². The Morgan fingerprint density at radius 1 is 1.21 bits per heavy atom. The zero-order chi connectivity index (χ0) is 30.4. The molecule has 1 unspecified atom stereocenters. The molecule has 6 rings (SSSR count). The number of piperazine rings is 1. The van der Waals surface area contributed by atoms with Crippen LogP contribution in [0.4, 0.5) is 14.6 Å². The summed E-state index contributed by atoms with van der Waals surface area (Å²) in [7, 11) is 2.04. The van der Waals surface area contributed by atoms with Crippen molar-refractivity contribution in [1.82, 2.24) is 29.7 Å². The van der Waals surface area contributed by atoms with E-state index in [-0.39, 0.29) is 48.2 Å². The first-order valence-corrected chi connectivity index (χ1v) is 14.7. The number of hydrogen-bond acceptors (Lipinski definition) is 8. The van der Waals surface area contributed by atoms with Gasteiger partial charge in [0.1, 0.15) is 18.1 Å². The summed E-state index contributed by atoms with van der Waals surface area (Å²) in [6, 6.07) is 7.81. The number of carbonyl (C=O) groups excluding carboxylic acids is 1. The van der Waals surface area contributed by atoms with E-state index in [9.17, 15) is 14.0 Å². The van der Waals surface area contributed by atoms with Crippen molar-refractivity contribution in [2.45, 2.75) is 44.9 Å². The second-order valence-corrected chi connectivity index (χ2v) is 11.7. The Morgan fingerprint density at radius 3 is 2.74 bits per heavy atom. The fourth-order valence-electron chi connectivity index (χ4n) is 6.00. The highest BCUT2D eigenvalue weighted by Gasteiger charge is 2.32. The third-order valence-electron chi connectivity index (χ3n) is 8.30. The zero-order valence-electron chi connectivity index (χ0n) is 24.1. The summed E-state index contributed by atoms with van der Waals surface area (Å²) in [5.41, 5.74) is -0.231. The van der Waals surface area contributed by atoms with Crippen LogP contribution < -0.4 is 15.2 Å². The molecule has 13 heteroatoms. The molecular formula is C30H32ClF2N7O3. The van der Waals surface area contributed by atoms with Crippen LogP contribution >= 0.6 is 11.6 Å². The quantitative estimate of drug-likeness (QED) is 0.346. The van der Waals surface area contributed by atoms with Crippen molar-refractivity contribution in [2.24, 2.45) is 0 Å². The van der Waals surface area contributed by atoms with Gasteiger partial charge in [-0.05, 0) is 57.8 Å². The van der Waals surface area contributed by atoms with Gasteiger partial charge in [-0.1, -0.05) is 23.7 Å². The molecule has 1 amide bonds. The molecule has 4 aromatic rings. The first-order valence-electron chi connectivity index (χ1n) is 14.3. The number of H-pyrrole nitrogens is 1. The number of nitrogens with one attached hydrogen (secondary N) is 1. The van der Waals surface area contributed by atoms with Gasteiger partial charge in [0.05, 0.1) is 16.1 Å². The number of ether oxygens (including phenoxy) is 1. The van der Waals surface area contributed by atoms with E-state index in [2.05, 4.69) is 19.9 Å². The number of hydrogen-bond donors (Lipinski definition) is 1. The van der Waals surface area contributed by atoms with Crippen LogP contribution in [0.3, 0.4) is 0 Å². The smallest absolute Gasteiger partial charge is 0.320 e. The van der Waals surface area contributed by atoms with Crippen LogP contribution in [0.2, 0.25) is 5.02 Å².